The van der Waals surface area contributed by atoms with Crippen molar-refractivity contribution in [2.75, 3.05) is 0 Å². The molecular weight excluding hydrogens is 242 g/mol. The second-order valence-electron chi connectivity index (χ2n) is 5.13. The monoisotopic (exact) mass is 265 g/mol. The Hall–Kier alpha value is -1.59. The number of fused-ring (bicyclic) bond motifs is 1. The van der Waals surface area contributed by atoms with Crippen molar-refractivity contribution in [2.24, 2.45) is 0 Å². The van der Waals surface area contributed by atoms with Gasteiger partial charge in [0.25, 0.3) is 0 Å². The summed E-state index contributed by atoms with van der Waals surface area (Å²) in [5.41, 5.74) is 0. The zero-order valence-electron chi connectivity index (χ0n) is 11.8. The third-order valence-corrected chi connectivity index (χ3v) is 3.58. The van der Waals surface area contributed by atoms with E-state index in [1.807, 2.05) is 13.8 Å². The van der Waals surface area contributed by atoms with Crippen molar-refractivity contribution in [1.29, 1.82) is 0 Å². The summed E-state index contributed by atoms with van der Waals surface area (Å²) >= 11 is 0. The van der Waals surface area contributed by atoms with Gasteiger partial charge in [-0.15, -0.1) is 10.2 Å². The Bertz CT molecular complexity index is 429. The molecule has 0 radical (unpaired) electrons. The van der Waals surface area contributed by atoms with Crippen LogP contribution in [-0.4, -0.2) is 26.8 Å². The van der Waals surface area contributed by atoms with E-state index in [1.165, 1.54) is 12.8 Å². The molecule has 0 aromatic carbocycles. The highest BCUT2D eigenvalue weighted by atomic mass is 16.2. The van der Waals surface area contributed by atoms with Crippen molar-refractivity contribution in [3.8, 4) is 0 Å². The highest BCUT2D eigenvalue weighted by Crippen LogP contribution is 2.14. The number of carbonyl (C=O) groups is 1. The number of amides is 2. The van der Waals surface area contributed by atoms with E-state index >= 15 is 0 Å². The van der Waals surface area contributed by atoms with Gasteiger partial charge in [0, 0.05) is 19.0 Å². The molecule has 1 aliphatic rings. The molecule has 6 nitrogen and oxygen atoms in total. The molecule has 6 heteroatoms. The van der Waals surface area contributed by atoms with E-state index in [-0.39, 0.29) is 12.1 Å². The average molecular weight is 265 g/mol. The summed E-state index contributed by atoms with van der Waals surface area (Å²) in [6.45, 7) is 5.44. The van der Waals surface area contributed by atoms with Gasteiger partial charge in [0.15, 0.2) is 5.82 Å². The molecule has 0 fully saturated rings. The SMILES string of the molecule is CCC(C)NC(=O)NCc1nnc2n1CCCCC2. The minimum absolute atomic E-state index is 0.139. The van der Waals surface area contributed by atoms with Crippen LogP contribution in [-0.2, 0) is 19.5 Å². The van der Waals surface area contributed by atoms with Gasteiger partial charge in [0.05, 0.1) is 6.54 Å². The molecule has 0 spiro atoms. The minimum atomic E-state index is -0.139. The maximum Gasteiger partial charge on any atom is 0.315 e. The van der Waals surface area contributed by atoms with Gasteiger partial charge >= 0.3 is 6.03 Å². The van der Waals surface area contributed by atoms with E-state index in [0.717, 1.165) is 37.5 Å². The lowest BCUT2D eigenvalue weighted by Gasteiger charge is -2.12. The normalized spacial score (nSPS) is 16.3. The Morgan fingerprint density at radius 2 is 2.21 bits per heavy atom. The Balaban J connectivity index is 1.89. The molecule has 0 saturated carbocycles. The molecule has 2 amide bonds. The Labute approximate surface area is 114 Å². The second kappa shape index (κ2) is 6.54. The molecule has 0 bridgehead atoms. The van der Waals surface area contributed by atoms with Crippen LogP contribution in [0.15, 0.2) is 0 Å². The number of aryl methyl sites for hydroxylation is 1. The van der Waals surface area contributed by atoms with Gasteiger partial charge in [-0.3, -0.25) is 0 Å². The fourth-order valence-electron chi connectivity index (χ4n) is 2.21. The van der Waals surface area contributed by atoms with Gasteiger partial charge in [-0.2, -0.15) is 0 Å². The molecule has 106 valence electrons. The highest BCUT2D eigenvalue weighted by Gasteiger charge is 2.15. The fraction of sp³-hybridized carbons (Fsp3) is 0.769. The quantitative estimate of drug-likeness (QED) is 0.868. The van der Waals surface area contributed by atoms with Gasteiger partial charge in [-0.25, -0.2) is 4.79 Å². The predicted octanol–water partition coefficient (Wildman–Crippen LogP) is 1.60. The van der Waals surface area contributed by atoms with Crippen molar-refractivity contribution in [3.63, 3.8) is 0 Å². The van der Waals surface area contributed by atoms with Crippen LogP contribution in [0.2, 0.25) is 0 Å². The third kappa shape index (κ3) is 3.68. The minimum Gasteiger partial charge on any atom is -0.336 e. The molecule has 1 atom stereocenters. The number of hydrogen-bond donors (Lipinski definition) is 2. The van der Waals surface area contributed by atoms with E-state index in [1.54, 1.807) is 0 Å². The standard InChI is InChI=1S/C13H23N5O/c1-3-10(2)15-13(19)14-9-12-17-16-11-7-5-4-6-8-18(11)12/h10H,3-9H2,1-2H3,(H2,14,15,19). The van der Waals surface area contributed by atoms with Crippen molar-refractivity contribution in [1.82, 2.24) is 25.4 Å². The van der Waals surface area contributed by atoms with Crippen LogP contribution >= 0.6 is 0 Å². The largest absolute Gasteiger partial charge is 0.336 e. The zero-order chi connectivity index (χ0) is 13.7. The molecule has 2 rings (SSSR count). The van der Waals surface area contributed by atoms with E-state index in [9.17, 15) is 4.79 Å². The first-order chi connectivity index (χ1) is 9.20. The summed E-state index contributed by atoms with van der Waals surface area (Å²) in [5, 5.41) is 14.1. The molecule has 0 aliphatic carbocycles. The summed E-state index contributed by atoms with van der Waals surface area (Å²) in [6, 6.07) is 0.0517. The lowest BCUT2D eigenvalue weighted by atomic mass is 10.2. The second-order valence-corrected chi connectivity index (χ2v) is 5.13. The first kappa shape index (κ1) is 13.8. The van der Waals surface area contributed by atoms with Gasteiger partial charge in [-0.1, -0.05) is 13.3 Å². The lowest BCUT2D eigenvalue weighted by molar-refractivity contribution is 0.236. The molecule has 1 unspecified atom stereocenters. The molecule has 19 heavy (non-hydrogen) atoms. The number of hydrogen-bond acceptors (Lipinski definition) is 3. The molecule has 1 aromatic heterocycles. The maximum absolute atomic E-state index is 11.7. The third-order valence-electron chi connectivity index (χ3n) is 3.58. The van der Waals surface area contributed by atoms with Crippen LogP contribution in [0.25, 0.3) is 0 Å². The molecule has 0 saturated heterocycles. The maximum atomic E-state index is 11.7. The van der Waals surface area contributed by atoms with Crippen LogP contribution in [0.1, 0.15) is 51.2 Å². The Morgan fingerprint density at radius 1 is 1.37 bits per heavy atom. The van der Waals surface area contributed by atoms with Gasteiger partial charge in [0.2, 0.25) is 0 Å². The predicted molar refractivity (Wildman–Crippen MR) is 72.7 cm³/mol. The number of rotatable bonds is 4. The van der Waals surface area contributed by atoms with Crippen LogP contribution in [0, 0.1) is 0 Å². The van der Waals surface area contributed by atoms with Crippen molar-refractivity contribution >= 4 is 6.03 Å². The summed E-state index contributed by atoms with van der Waals surface area (Å²) in [7, 11) is 0. The molecule has 1 aliphatic heterocycles. The molecule has 2 heterocycles. The van der Waals surface area contributed by atoms with Crippen molar-refractivity contribution < 1.29 is 4.79 Å². The number of urea groups is 1. The number of aromatic nitrogens is 3. The number of nitrogens with zero attached hydrogens (tertiary/aromatic N) is 3. The van der Waals surface area contributed by atoms with E-state index in [4.69, 9.17) is 0 Å². The molecule has 1 aromatic rings. The summed E-state index contributed by atoms with van der Waals surface area (Å²) in [4.78, 5) is 11.7. The van der Waals surface area contributed by atoms with Gasteiger partial charge in [-0.05, 0) is 26.2 Å². The lowest BCUT2D eigenvalue weighted by Crippen LogP contribution is -2.40. The Kier molecular flexibility index (Phi) is 4.76. The average Bonchev–Trinajstić information content (AvgIpc) is 2.63. The fourth-order valence-corrected chi connectivity index (χ4v) is 2.21. The van der Waals surface area contributed by atoms with E-state index in [2.05, 4.69) is 25.4 Å². The van der Waals surface area contributed by atoms with E-state index in [0.29, 0.717) is 6.54 Å². The summed E-state index contributed by atoms with van der Waals surface area (Å²) < 4.78 is 2.15. The zero-order valence-corrected chi connectivity index (χ0v) is 11.8. The molecule has 2 N–H and O–H groups in total. The van der Waals surface area contributed by atoms with Crippen LogP contribution < -0.4 is 10.6 Å². The molecular formula is C13H23N5O. The Morgan fingerprint density at radius 3 is 3.00 bits per heavy atom. The van der Waals surface area contributed by atoms with Crippen molar-refractivity contribution in [3.05, 3.63) is 11.6 Å². The van der Waals surface area contributed by atoms with Crippen LogP contribution in [0.3, 0.4) is 0 Å². The van der Waals surface area contributed by atoms with E-state index < -0.39 is 0 Å². The van der Waals surface area contributed by atoms with Crippen molar-refractivity contribution in [2.45, 2.75) is 65.1 Å². The first-order valence-electron chi connectivity index (χ1n) is 7.16. The topological polar surface area (TPSA) is 71.8 Å². The summed E-state index contributed by atoms with van der Waals surface area (Å²) in [5.74, 6) is 1.91. The first-order valence-corrected chi connectivity index (χ1v) is 7.16. The highest BCUT2D eigenvalue weighted by molar-refractivity contribution is 5.74. The van der Waals surface area contributed by atoms with Gasteiger partial charge in [0.1, 0.15) is 5.82 Å². The number of nitrogens with one attached hydrogen (secondary N) is 2. The summed E-state index contributed by atoms with van der Waals surface area (Å²) in [6.07, 6.45) is 5.50. The van der Waals surface area contributed by atoms with Gasteiger partial charge < -0.3 is 15.2 Å². The van der Waals surface area contributed by atoms with Crippen LogP contribution in [0.5, 0.6) is 0 Å². The number of carbonyl (C=O) groups excluding carboxylic acids is 1. The van der Waals surface area contributed by atoms with Crippen LogP contribution in [0.4, 0.5) is 4.79 Å². The smallest absolute Gasteiger partial charge is 0.315 e.